The van der Waals surface area contributed by atoms with Crippen molar-refractivity contribution in [2.75, 3.05) is 44.3 Å². The highest BCUT2D eigenvalue weighted by Crippen LogP contribution is 2.20. The van der Waals surface area contributed by atoms with Gasteiger partial charge >= 0.3 is 5.97 Å². The molecule has 0 aromatic rings. The standard InChI is InChI=1S/C42H83N3O4S/c1-6-11-14-17-19-20-21-22-23-25-28-35-49-40(46)32-37-50-36-31-39(42(48)43-33-34-45(9-4)10-5)44-41(47)38(29-26-16-13-8-3)30-27-24-18-15-12-7-2/h38-39H,6-37H2,1-5H3,(H,43,48)(H,44,47). The number of esters is 1. The van der Waals surface area contributed by atoms with Crippen molar-refractivity contribution in [2.45, 2.75) is 201 Å². The molecule has 0 radical (unpaired) electrons. The van der Waals surface area contributed by atoms with Crippen molar-refractivity contribution in [1.29, 1.82) is 0 Å². The van der Waals surface area contributed by atoms with Crippen LogP contribution in [0.15, 0.2) is 0 Å². The van der Waals surface area contributed by atoms with Gasteiger partial charge in [0, 0.05) is 24.8 Å². The molecule has 2 N–H and O–H groups in total. The summed E-state index contributed by atoms with van der Waals surface area (Å²) in [6.45, 7) is 14.8. The second-order valence-corrected chi connectivity index (χ2v) is 15.6. The summed E-state index contributed by atoms with van der Waals surface area (Å²) in [6, 6.07) is -0.553. The number of hydrogen-bond donors (Lipinski definition) is 2. The van der Waals surface area contributed by atoms with E-state index in [-0.39, 0.29) is 23.7 Å². The third kappa shape index (κ3) is 30.4. The molecule has 0 aliphatic heterocycles. The normalized spacial score (nSPS) is 12.6. The van der Waals surface area contributed by atoms with E-state index in [0.717, 1.165) is 64.6 Å². The molecule has 0 fully saturated rings. The van der Waals surface area contributed by atoms with E-state index in [9.17, 15) is 14.4 Å². The Kier molecular flexibility index (Phi) is 36.5. The van der Waals surface area contributed by atoms with Gasteiger partial charge in [0.1, 0.15) is 6.04 Å². The molecule has 0 aliphatic rings. The number of carbonyl (C=O) groups excluding carboxylic acids is 3. The van der Waals surface area contributed by atoms with E-state index in [1.165, 1.54) is 103 Å². The van der Waals surface area contributed by atoms with Gasteiger partial charge in [0.15, 0.2) is 0 Å². The summed E-state index contributed by atoms with van der Waals surface area (Å²) in [6.07, 6.45) is 28.7. The number of nitrogens with one attached hydrogen (secondary N) is 2. The molecule has 0 heterocycles. The molecule has 8 heteroatoms. The third-order valence-electron chi connectivity index (χ3n) is 9.95. The zero-order chi connectivity index (χ0) is 36.9. The largest absolute Gasteiger partial charge is 0.466 e. The zero-order valence-corrected chi connectivity index (χ0v) is 34.6. The summed E-state index contributed by atoms with van der Waals surface area (Å²) >= 11 is 1.66. The number of likely N-dealkylation sites (N-methyl/N-ethyl adjacent to an activating group) is 1. The van der Waals surface area contributed by atoms with E-state index in [4.69, 9.17) is 4.74 Å². The van der Waals surface area contributed by atoms with Gasteiger partial charge < -0.3 is 20.3 Å². The maximum absolute atomic E-state index is 13.6. The van der Waals surface area contributed by atoms with Gasteiger partial charge in [-0.1, -0.05) is 163 Å². The molecule has 0 aromatic heterocycles. The lowest BCUT2D eigenvalue weighted by Gasteiger charge is -2.24. The highest BCUT2D eigenvalue weighted by Gasteiger charge is 2.25. The van der Waals surface area contributed by atoms with E-state index in [2.05, 4.69) is 50.2 Å². The lowest BCUT2D eigenvalue weighted by Crippen LogP contribution is -2.50. The van der Waals surface area contributed by atoms with Crippen LogP contribution >= 0.6 is 11.8 Å². The van der Waals surface area contributed by atoms with Crippen molar-refractivity contribution in [3.05, 3.63) is 0 Å². The van der Waals surface area contributed by atoms with Crippen LogP contribution in [0, 0.1) is 5.92 Å². The number of carbonyl (C=O) groups is 3. The van der Waals surface area contributed by atoms with Gasteiger partial charge in [-0.05, 0) is 44.5 Å². The van der Waals surface area contributed by atoms with Crippen LogP contribution in [0.5, 0.6) is 0 Å². The van der Waals surface area contributed by atoms with Crippen LogP contribution in [0.1, 0.15) is 195 Å². The number of thioether (sulfide) groups is 1. The number of nitrogens with zero attached hydrogens (tertiary/aromatic N) is 1. The lowest BCUT2D eigenvalue weighted by molar-refractivity contribution is -0.143. The van der Waals surface area contributed by atoms with Gasteiger partial charge in [-0.15, -0.1) is 0 Å². The molecule has 0 saturated heterocycles. The van der Waals surface area contributed by atoms with Crippen molar-refractivity contribution >= 4 is 29.5 Å². The van der Waals surface area contributed by atoms with Crippen LogP contribution in [-0.2, 0) is 19.1 Å². The maximum Gasteiger partial charge on any atom is 0.306 e. The Bertz CT molecular complexity index is 780. The Balaban J connectivity index is 4.70. The minimum absolute atomic E-state index is 0.0354. The number of rotatable bonds is 38. The molecular weight excluding hydrogens is 643 g/mol. The van der Waals surface area contributed by atoms with Crippen LogP contribution in [0.2, 0.25) is 0 Å². The van der Waals surface area contributed by atoms with Gasteiger partial charge in [-0.2, -0.15) is 11.8 Å². The van der Waals surface area contributed by atoms with E-state index in [0.29, 0.717) is 37.5 Å². The minimum atomic E-state index is -0.553. The van der Waals surface area contributed by atoms with Crippen molar-refractivity contribution in [1.82, 2.24) is 15.5 Å². The van der Waals surface area contributed by atoms with Crippen LogP contribution in [0.25, 0.3) is 0 Å². The van der Waals surface area contributed by atoms with E-state index >= 15 is 0 Å². The van der Waals surface area contributed by atoms with Gasteiger partial charge in [-0.3, -0.25) is 14.4 Å². The molecule has 2 atom stereocenters. The van der Waals surface area contributed by atoms with Crippen LogP contribution in [0.4, 0.5) is 0 Å². The zero-order valence-electron chi connectivity index (χ0n) is 33.8. The predicted octanol–water partition coefficient (Wildman–Crippen LogP) is 10.6. The smallest absolute Gasteiger partial charge is 0.306 e. The molecule has 0 aromatic carbocycles. The summed E-state index contributed by atoms with van der Waals surface area (Å²) < 4.78 is 5.48. The number of ether oxygens (including phenoxy) is 1. The molecule has 0 saturated carbocycles. The van der Waals surface area contributed by atoms with Crippen molar-refractivity contribution in [2.24, 2.45) is 5.92 Å². The van der Waals surface area contributed by atoms with Crippen LogP contribution in [-0.4, -0.2) is 73.0 Å². The van der Waals surface area contributed by atoms with Gasteiger partial charge in [0.05, 0.1) is 13.0 Å². The quantitative estimate of drug-likeness (QED) is 0.0487. The van der Waals surface area contributed by atoms with Crippen molar-refractivity contribution in [3.63, 3.8) is 0 Å². The fourth-order valence-corrected chi connectivity index (χ4v) is 7.35. The van der Waals surface area contributed by atoms with Crippen LogP contribution in [0.3, 0.4) is 0 Å². The maximum atomic E-state index is 13.6. The summed E-state index contributed by atoms with van der Waals surface area (Å²) in [4.78, 5) is 41.6. The molecule has 0 aliphatic carbocycles. The Morgan fingerprint density at radius 3 is 1.58 bits per heavy atom. The monoisotopic (exact) mass is 726 g/mol. The molecule has 0 spiro atoms. The first-order valence-electron chi connectivity index (χ1n) is 21.5. The Morgan fingerprint density at radius 2 is 1.06 bits per heavy atom. The average Bonchev–Trinajstić information content (AvgIpc) is 3.12. The fourth-order valence-electron chi connectivity index (χ4n) is 6.44. The first-order valence-corrected chi connectivity index (χ1v) is 22.6. The first-order chi connectivity index (χ1) is 24.4. The highest BCUT2D eigenvalue weighted by molar-refractivity contribution is 7.99. The minimum Gasteiger partial charge on any atom is -0.466 e. The number of hydrogen-bond acceptors (Lipinski definition) is 6. The van der Waals surface area contributed by atoms with Gasteiger partial charge in [0.25, 0.3) is 0 Å². The Morgan fingerprint density at radius 1 is 0.580 bits per heavy atom. The molecule has 2 amide bonds. The lowest BCUT2D eigenvalue weighted by atomic mass is 9.93. The molecule has 296 valence electrons. The first kappa shape index (κ1) is 48.7. The third-order valence-corrected chi connectivity index (χ3v) is 11.0. The molecule has 2 unspecified atom stereocenters. The molecule has 0 bridgehead atoms. The highest BCUT2D eigenvalue weighted by atomic mass is 32.2. The van der Waals surface area contributed by atoms with Crippen LogP contribution < -0.4 is 10.6 Å². The number of unbranched alkanes of at least 4 members (excludes halogenated alkanes) is 18. The summed E-state index contributed by atoms with van der Waals surface area (Å²) in [5.41, 5.74) is 0. The Hall–Kier alpha value is -1.28. The summed E-state index contributed by atoms with van der Waals surface area (Å²) in [5.74, 6) is 1.14. The molecule has 7 nitrogen and oxygen atoms in total. The second kappa shape index (κ2) is 37.5. The summed E-state index contributed by atoms with van der Waals surface area (Å²) in [7, 11) is 0. The Labute approximate surface area is 314 Å². The second-order valence-electron chi connectivity index (χ2n) is 14.4. The predicted molar refractivity (Wildman–Crippen MR) is 217 cm³/mol. The van der Waals surface area contributed by atoms with E-state index in [1.54, 1.807) is 11.8 Å². The molecular formula is C42H83N3O4S. The van der Waals surface area contributed by atoms with Gasteiger partial charge in [0.2, 0.25) is 11.8 Å². The fraction of sp³-hybridized carbons (Fsp3) is 0.929. The topological polar surface area (TPSA) is 87.7 Å². The van der Waals surface area contributed by atoms with E-state index in [1.807, 2.05) is 0 Å². The number of amides is 2. The van der Waals surface area contributed by atoms with Crippen molar-refractivity contribution < 1.29 is 19.1 Å². The molecule has 0 rings (SSSR count). The SMILES string of the molecule is CCCCCCCCCCCCCOC(=O)CCSCCC(NC(=O)C(CCCCCC)CCCCCCCC)C(=O)NCCN(CC)CC. The summed E-state index contributed by atoms with van der Waals surface area (Å²) in [5, 5.41) is 6.28. The van der Waals surface area contributed by atoms with Gasteiger partial charge in [-0.25, -0.2) is 0 Å². The molecule has 50 heavy (non-hydrogen) atoms. The van der Waals surface area contributed by atoms with E-state index < -0.39 is 6.04 Å². The average molecular weight is 726 g/mol. The van der Waals surface area contributed by atoms with Crippen molar-refractivity contribution in [3.8, 4) is 0 Å².